The van der Waals surface area contributed by atoms with Crippen LogP contribution in [0.15, 0.2) is 30.3 Å². The molecule has 0 saturated carbocycles. The number of nitrogens with zero attached hydrogens (tertiary/aromatic N) is 2. The number of anilines is 1. The molecule has 2 rings (SSSR count). The van der Waals surface area contributed by atoms with E-state index in [0.29, 0.717) is 11.6 Å². The molecule has 6 heteroatoms. The van der Waals surface area contributed by atoms with Gasteiger partial charge in [0.05, 0.1) is 11.4 Å². The van der Waals surface area contributed by atoms with Crippen LogP contribution in [0, 0.1) is 13.8 Å². The highest BCUT2D eigenvalue weighted by Crippen LogP contribution is 2.26. The number of sulfonamides is 1. The Kier molecular flexibility index (Phi) is 5.00. The van der Waals surface area contributed by atoms with Gasteiger partial charge in [0, 0.05) is 11.9 Å². The number of aromatic nitrogens is 1. The number of thiazole rings is 1. The summed E-state index contributed by atoms with van der Waals surface area (Å²) in [4.78, 5) is 5.36. The molecular formula is C15H20N2O2S2. The van der Waals surface area contributed by atoms with E-state index in [4.69, 9.17) is 0 Å². The highest BCUT2D eigenvalue weighted by Gasteiger charge is 2.21. The Labute approximate surface area is 130 Å². The van der Waals surface area contributed by atoms with Crippen LogP contribution in [-0.4, -0.2) is 26.2 Å². The first-order chi connectivity index (χ1) is 9.90. The molecule has 0 fully saturated rings. The van der Waals surface area contributed by atoms with E-state index in [-0.39, 0.29) is 5.75 Å². The fraction of sp³-hybridized carbons (Fsp3) is 0.400. The lowest BCUT2D eigenvalue weighted by Gasteiger charge is -2.16. The van der Waals surface area contributed by atoms with Crippen LogP contribution < -0.4 is 4.31 Å². The molecule has 21 heavy (non-hydrogen) atoms. The van der Waals surface area contributed by atoms with E-state index in [1.807, 2.05) is 44.2 Å². The minimum absolute atomic E-state index is 0.135. The van der Waals surface area contributed by atoms with Gasteiger partial charge in [-0.25, -0.2) is 17.7 Å². The smallest absolute Gasteiger partial charge is 0.236 e. The Balaban J connectivity index is 1.98. The van der Waals surface area contributed by atoms with Gasteiger partial charge in [-0.3, -0.25) is 0 Å². The zero-order valence-corrected chi connectivity index (χ0v) is 14.2. The van der Waals surface area contributed by atoms with Crippen LogP contribution in [0.4, 0.5) is 5.13 Å². The van der Waals surface area contributed by atoms with Crippen molar-refractivity contribution in [2.75, 3.05) is 17.1 Å². The third-order valence-corrected chi connectivity index (χ3v) is 6.49. The van der Waals surface area contributed by atoms with E-state index < -0.39 is 10.0 Å². The van der Waals surface area contributed by atoms with Crippen LogP contribution in [-0.2, 0) is 16.4 Å². The van der Waals surface area contributed by atoms with Gasteiger partial charge in [-0.2, -0.15) is 0 Å². The number of aryl methyl sites for hydroxylation is 3. The Bertz CT molecular complexity index is 674. The lowest BCUT2D eigenvalue weighted by Crippen LogP contribution is -2.29. The molecule has 1 heterocycles. The molecule has 1 aromatic carbocycles. The molecule has 0 aliphatic heterocycles. The molecule has 2 aromatic rings. The van der Waals surface area contributed by atoms with Gasteiger partial charge in [0.2, 0.25) is 10.0 Å². The van der Waals surface area contributed by atoms with E-state index in [9.17, 15) is 8.42 Å². The van der Waals surface area contributed by atoms with Crippen molar-refractivity contribution in [3.8, 4) is 0 Å². The summed E-state index contributed by atoms with van der Waals surface area (Å²) < 4.78 is 26.0. The van der Waals surface area contributed by atoms with Gasteiger partial charge in [-0.05, 0) is 32.3 Å². The Hall–Kier alpha value is -1.40. The first-order valence-electron chi connectivity index (χ1n) is 6.85. The average Bonchev–Trinajstić information content (AvgIpc) is 2.78. The van der Waals surface area contributed by atoms with E-state index in [2.05, 4.69) is 4.98 Å². The number of hydrogen-bond acceptors (Lipinski definition) is 4. The van der Waals surface area contributed by atoms with Crippen LogP contribution in [0.5, 0.6) is 0 Å². The molecule has 0 amide bonds. The Morgan fingerprint density at radius 1 is 1.19 bits per heavy atom. The fourth-order valence-electron chi connectivity index (χ4n) is 1.95. The van der Waals surface area contributed by atoms with Gasteiger partial charge in [-0.15, -0.1) is 11.3 Å². The summed E-state index contributed by atoms with van der Waals surface area (Å²) in [6.07, 6.45) is 1.38. The van der Waals surface area contributed by atoms with Crippen LogP contribution >= 0.6 is 11.3 Å². The summed E-state index contributed by atoms with van der Waals surface area (Å²) in [5, 5.41) is 0.546. The summed E-state index contributed by atoms with van der Waals surface area (Å²) in [5.74, 6) is 0.135. The lowest BCUT2D eigenvalue weighted by atomic mass is 10.1. The van der Waals surface area contributed by atoms with Crippen molar-refractivity contribution in [3.05, 3.63) is 46.5 Å². The van der Waals surface area contributed by atoms with Crippen LogP contribution in [0.3, 0.4) is 0 Å². The van der Waals surface area contributed by atoms with Gasteiger partial charge in [0.25, 0.3) is 0 Å². The summed E-state index contributed by atoms with van der Waals surface area (Å²) in [5.41, 5.74) is 2.05. The quantitative estimate of drug-likeness (QED) is 0.820. The van der Waals surface area contributed by atoms with Crippen molar-refractivity contribution in [2.45, 2.75) is 26.7 Å². The fourth-order valence-corrected chi connectivity index (χ4v) is 4.24. The van der Waals surface area contributed by atoms with Gasteiger partial charge >= 0.3 is 0 Å². The Morgan fingerprint density at radius 2 is 1.86 bits per heavy atom. The lowest BCUT2D eigenvalue weighted by molar-refractivity contribution is 0.591. The number of hydrogen-bond donors (Lipinski definition) is 0. The van der Waals surface area contributed by atoms with Crippen molar-refractivity contribution in [2.24, 2.45) is 0 Å². The van der Waals surface area contributed by atoms with E-state index in [1.165, 1.54) is 15.6 Å². The molecule has 0 unspecified atom stereocenters. The molecule has 0 radical (unpaired) electrons. The van der Waals surface area contributed by atoms with Gasteiger partial charge in [0.1, 0.15) is 0 Å². The van der Waals surface area contributed by atoms with Gasteiger partial charge < -0.3 is 0 Å². The van der Waals surface area contributed by atoms with Crippen molar-refractivity contribution in [1.82, 2.24) is 4.98 Å². The molecule has 0 N–H and O–H groups in total. The topological polar surface area (TPSA) is 50.3 Å². The summed E-state index contributed by atoms with van der Waals surface area (Å²) >= 11 is 1.41. The first-order valence-corrected chi connectivity index (χ1v) is 9.27. The standard InChI is InChI=1S/C15H20N2O2S2/c1-12-13(2)20-15(16-12)17(3)21(18,19)11-7-10-14-8-5-4-6-9-14/h4-6,8-9H,7,10-11H2,1-3H3. The molecule has 4 nitrogen and oxygen atoms in total. The highest BCUT2D eigenvalue weighted by molar-refractivity contribution is 7.92. The second-order valence-electron chi connectivity index (χ2n) is 5.01. The van der Waals surface area contributed by atoms with E-state index in [1.54, 1.807) is 7.05 Å². The number of benzene rings is 1. The van der Waals surface area contributed by atoms with Crippen molar-refractivity contribution in [3.63, 3.8) is 0 Å². The average molecular weight is 324 g/mol. The molecular weight excluding hydrogens is 304 g/mol. The summed E-state index contributed by atoms with van der Waals surface area (Å²) in [6, 6.07) is 9.93. The minimum atomic E-state index is -3.31. The third-order valence-electron chi connectivity index (χ3n) is 3.41. The summed E-state index contributed by atoms with van der Waals surface area (Å²) in [6.45, 7) is 3.84. The summed E-state index contributed by atoms with van der Waals surface area (Å²) in [7, 11) is -1.73. The SMILES string of the molecule is Cc1nc(N(C)S(=O)(=O)CCCc2ccccc2)sc1C. The first kappa shape index (κ1) is 16.0. The predicted octanol–water partition coefficient (Wildman–Crippen LogP) is 3.16. The zero-order valence-electron chi connectivity index (χ0n) is 12.5. The van der Waals surface area contributed by atoms with Crippen LogP contribution in [0.25, 0.3) is 0 Å². The zero-order chi connectivity index (χ0) is 15.5. The molecule has 114 valence electrons. The van der Waals surface area contributed by atoms with Crippen molar-refractivity contribution < 1.29 is 8.42 Å². The molecule has 0 aliphatic rings. The molecule has 0 saturated heterocycles. The van der Waals surface area contributed by atoms with E-state index >= 15 is 0 Å². The Morgan fingerprint density at radius 3 is 2.43 bits per heavy atom. The maximum atomic E-state index is 12.3. The molecule has 0 aliphatic carbocycles. The molecule has 0 atom stereocenters. The largest absolute Gasteiger partial charge is 0.248 e. The maximum absolute atomic E-state index is 12.3. The number of rotatable bonds is 6. The maximum Gasteiger partial charge on any atom is 0.236 e. The predicted molar refractivity (Wildman–Crippen MR) is 88.5 cm³/mol. The second-order valence-corrected chi connectivity index (χ2v) is 8.31. The van der Waals surface area contributed by atoms with Gasteiger partial charge in [-0.1, -0.05) is 30.3 Å². The van der Waals surface area contributed by atoms with Crippen molar-refractivity contribution in [1.29, 1.82) is 0 Å². The minimum Gasteiger partial charge on any atom is -0.248 e. The van der Waals surface area contributed by atoms with Crippen LogP contribution in [0.1, 0.15) is 22.6 Å². The monoisotopic (exact) mass is 324 g/mol. The van der Waals surface area contributed by atoms with Gasteiger partial charge in [0.15, 0.2) is 5.13 Å². The van der Waals surface area contributed by atoms with Crippen molar-refractivity contribution >= 4 is 26.5 Å². The highest BCUT2D eigenvalue weighted by atomic mass is 32.2. The molecule has 0 spiro atoms. The third kappa shape index (κ3) is 4.04. The second kappa shape index (κ2) is 6.58. The molecule has 0 bridgehead atoms. The normalized spacial score (nSPS) is 11.6. The van der Waals surface area contributed by atoms with Crippen LogP contribution in [0.2, 0.25) is 0 Å². The van der Waals surface area contributed by atoms with E-state index in [0.717, 1.165) is 22.6 Å². The molecule has 1 aromatic heterocycles.